The number of nitrogens with zero attached hydrogens (tertiary/aromatic N) is 1. The zero-order valence-corrected chi connectivity index (χ0v) is 16.8. The first-order chi connectivity index (χ1) is 15.0. The van der Waals surface area contributed by atoms with Gasteiger partial charge in [0, 0.05) is 22.9 Å². The number of nitrogens with one attached hydrogen (secondary N) is 1. The molecule has 0 bridgehead atoms. The van der Waals surface area contributed by atoms with E-state index in [-0.39, 0.29) is 11.1 Å². The Kier molecular flexibility index (Phi) is 4.08. The zero-order chi connectivity index (χ0) is 21.8. The highest BCUT2D eigenvalue weighted by Crippen LogP contribution is 2.44. The van der Waals surface area contributed by atoms with Crippen LogP contribution in [0.5, 0.6) is 11.5 Å². The normalized spacial score (nSPS) is 16.1. The molecule has 1 aliphatic heterocycles. The second kappa shape index (κ2) is 6.70. The topological polar surface area (TPSA) is 84.9 Å². The van der Waals surface area contributed by atoms with Gasteiger partial charge in [-0.15, -0.1) is 0 Å². The number of carbonyl (C=O) groups excluding carboxylic acids is 3. The molecule has 0 saturated carbocycles. The number of amides is 1. The van der Waals surface area contributed by atoms with Gasteiger partial charge in [-0.2, -0.15) is 0 Å². The van der Waals surface area contributed by atoms with Crippen molar-refractivity contribution < 1.29 is 23.9 Å². The van der Waals surface area contributed by atoms with Gasteiger partial charge >= 0.3 is 0 Å². The Morgan fingerprint density at radius 1 is 0.742 bits per heavy atom. The van der Waals surface area contributed by atoms with E-state index in [4.69, 9.17) is 9.47 Å². The van der Waals surface area contributed by atoms with Crippen LogP contribution in [0.15, 0.2) is 66.7 Å². The lowest BCUT2D eigenvalue weighted by atomic mass is 9.93. The van der Waals surface area contributed by atoms with Crippen molar-refractivity contribution in [3.63, 3.8) is 0 Å². The summed E-state index contributed by atoms with van der Waals surface area (Å²) in [7, 11) is 2.98. The number of hydrogen-bond donors (Lipinski definition) is 1. The highest BCUT2D eigenvalue weighted by Gasteiger charge is 2.61. The van der Waals surface area contributed by atoms with E-state index in [9.17, 15) is 14.4 Å². The molecule has 0 radical (unpaired) electrons. The molecule has 154 valence electrons. The molecule has 31 heavy (non-hydrogen) atoms. The number of Topliss-reactive ketones (excluding diaryl/α,β-unsaturated/α-hetero) is 2. The fourth-order valence-electron chi connectivity index (χ4n) is 4.27. The van der Waals surface area contributed by atoms with Gasteiger partial charge in [-0.3, -0.25) is 19.3 Å². The van der Waals surface area contributed by atoms with Crippen LogP contribution in [0, 0.1) is 0 Å². The number of benzene rings is 3. The van der Waals surface area contributed by atoms with Gasteiger partial charge in [-0.25, -0.2) is 0 Å². The van der Waals surface area contributed by atoms with E-state index in [1.165, 1.54) is 19.1 Å². The minimum absolute atomic E-state index is 0.276. The summed E-state index contributed by atoms with van der Waals surface area (Å²) in [5.41, 5.74) is -0.248. The van der Waals surface area contributed by atoms with E-state index in [1.807, 2.05) is 0 Å². The lowest BCUT2D eigenvalue weighted by Gasteiger charge is -2.43. The molecule has 3 aromatic rings. The van der Waals surface area contributed by atoms with Crippen LogP contribution in [-0.4, -0.2) is 37.4 Å². The molecule has 7 heteroatoms. The van der Waals surface area contributed by atoms with Crippen molar-refractivity contribution in [1.82, 2.24) is 0 Å². The summed E-state index contributed by atoms with van der Waals surface area (Å²) in [6, 6.07) is 18.3. The quantitative estimate of drug-likeness (QED) is 0.660. The van der Waals surface area contributed by atoms with E-state index in [0.717, 1.165) is 0 Å². The summed E-state index contributed by atoms with van der Waals surface area (Å²) in [5, 5.41) is 3.10. The fourth-order valence-corrected chi connectivity index (χ4v) is 4.27. The number of rotatable bonds is 3. The Bertz CT molecular complexity index is 1230. The molecule has 5 rings (SSSR count). The number of para-hydroxylation sites is 1. The minimum Gasteiger partial charge on any atom is -0.493 e. The van der Waals surface area contributed by atoms with Crippen LogP contribution in [0.3, 0.4) is 0 Å². The third kappa shape index (κ3) is 2.43. The maximum Gasteiger partial charge on any atom is 0.263 e. The highest BCUT2D eigenvalue weighted by molar-refractivity contribution is 6.39. The van der Waals surface area contributed by atoms with Crippen LogP contribution in [0.2, 0.25) is 0 Å². The predicted octanol–water partition coefficient (Wildman–Crippen LogP) is 3.55. The molecule has 7 nitrogen and oxygen atoms in total. The highest BCUT2D eigenvalue weighted by atomic mass is 16.5. The van der Waals surface area contributed by atoms with Gasteiger partial charge in [0.15, 0.2) is 11.5 Å². The maximum absolute atomic E-state index is 13.7. The molecule has 0 unspecified atom stereocenters. The molecular weight excluding hydrogens is 396 g/mol. The monoisotopic (exact) mass is 414 g/mol. The maximum atomic E-state index is 13.7. The Morgan fingerprint density at radius 2 is 1.32 bits per heavy atom. The van der Waals surface area contributed by atoms with Crippen LogP contribution >= 0.6 is 0 Å². The van der Waals surface area contributed by atoms with Gasteiger partial charge in [-0.05, 0) is 24.3 Å². The van der Waals surface area contributed by atoms with Crippen molar-refractivity contribution in [3.05, 3.63) is 83.4 Å². The molecular formula is C24H18N2O5. The molecule has 1 amide bonds. The van der Waals surface area contributed by atoms with Gasteiger partial charge in [0.1, 0.15) is 0 Å². The summed E-state index contributed by atoms with van der Waals surface area (Å²) in [4.78, 5) is 42.2. The molecule has 2 aliphatic rings. The van der Waals surface area contributed by atoms with Gasteiger partial charge < -0.3 is 14.8 Å². The van der Waals surface area contributed by atoms with Gasteiger partial charge in [-0.1, -0.05) is 36.4 Å². The summed E-state index contributed by atoms with van der Waals surface area (Å²) >= 11 is 0. The lowest BCUT2D eigenvalue weighted by Crippen LogP contribution is -2.67. The summed E-state index contributed by atoms with van der Waals surface area (Å²) in [6.45, 7) is 0. The van der Waals surface area contributed by atoms with E-state index in [0.29, 0.717) is 28.4 Å². The molecule has 1 aliphatic carbocycles. The van der Waals surface area contributed by atoms with Gasteiger partial charge in [0.25, 0.3) is 5.91 Å². The molecule has 0 atom stereocenters. The summed E-state index contributed by atoms with van der Waals surface area (Å²) in [5.74, 6) is -0.588. The van der Waals surface area contributed by atoms with Crippen LogP contribution in [0.25, 0.3) is 0 Å². The third-order valence-corrected chi connectivity index (χ3v) is 5.71. The van der Waals surface area contributed by atoms with E-state index < -0.39 is 23.1 Å². The third-order valence-electron chi connectivity index (χ3n) is 5.71. The van der Waals surface area contributed by atoms with E-state index in [1.54, 1.807) is 66.7 Å². The SMILES string of the molecule is COc1ccc(N2C(=O)c3ccccc3NC23C(=O)c2ccccc2C3=O)cc1OC. The molecule has 1 spiro atoms. The number of ketones is 2. The Labute approximate surface area is 178 Å². The number of anilines is 2. The minimum atomic E-state index is -1.92. The number of fused-ring (bicyclic) bond motifs is 2. The lowest BCUT2D eigenvalue weighted by molar-refractivity contribution is 0.0764. The Morgan fingerprint density at radius 3 is 1.94 bits per heavy atom. The molecule has 0 aromatic heterocycles. The number of hydrogen-bond acceptors (Lipinski definition) is 6. The molecule has 0 fully saturated rings. The first-order valence-corrected chi connectivity index (χ1v) is 9.65. The largest absolute Gasteiger partial charge is 0.493 e. The molecule has 1 heterocycles. The van der Waals surface area contributed by atoms with Crippen molar-refractivity contribution in [2.24, 2.45) is 0 Å². The molecule has 1 N–H and O–H groups in total. The standard InChI is InChI=1S/C24H18N2O5/c1-30-19-12-11-14(13-20(19)31-2)26-23(29)17-9-5-6-10-18(17)25-24(26)21(27)15-7-3-4-8-16(15)22(24)28/h3-13,25H,1-2H3. The van der Waals surface area contributed by atoms with Crippen molar-refractivity contribution in [2.75, 3.05) is 24.4 Å². The average Bonchev–Trinajstić information content (AvgIpc) is 3.01. The number of methoxy groups -OCH3 is 2. The number of carbonyl (C=O) groups is 3. The summed E-state index contributed by atoms with van der Waals surface area (Å²) in [6.07, 6.45) is 0. The molecule has 3 aromatic carbocycles. The zero-order valence-electron chi connectivity index (χ0n) is 16.8. The first kappa shape index (κ1) is 18.9. The predicted molar refractivity (Wildman–Crippen MR) is 114 cm³/mol. The first-order valence-electron chi connectivity index (χ1n) is 9.65. The molecule has 0 saturated heterocycles. The second-order valence-corrected chi connectivity index (χ2v) is 7.26. The average molecular weight is 414 g/mol. The van der Waals surface area contributed by atoms with Crippen molar-refractivity contribution in [3.8, 4) is 11.5 Å². The van der Waals surface area contributed by atoms with Crippen molar-refractivity contribution in [1.29, 1.82) is 0 Å². The van der Waals surface area contributed by atoms with Gasteiger partial charge in [0.2, 0.25) is 17.2 Å². The van der Waals surface area contributed by atoms with E-state index >= 15 is 0 Å². The Balaban J connectivity index is 1.78. The Hall–Kier alpha value is -4.13. The van der Waals surface area contributed by atoms with Crippen LogP contribution in [0.1, 0.15) is 31.1 Å². The number of ether oxygens (including phenoxy) is 2. The fraction of sp³-hybridized carbons (Fsp3) is 0.125. The smallest absolute Gasteiger partial charge is 0.263 e. The van der Waals surface area contributed by atoms with Crippen LogP contribution in [-0.2, 0) is 0 Å². The van der Waals surface area contributed by atoms with E-state index in [2.05, 4.69) is 5.32 Å². The van der Waals surface area contributed by atoms with Crippen LogP contribution in [0.4, 0.5) is 11.4 Å². The van der Waals surface area contributed by atoms with Crippen LogP contribution < -0.4 is 19.7 Å². The summed E-state index contributed by atoms with van der Waals surface area (Å²) < 4.78 is 10.7. The second-order valence-electron chi connectivity index (χ2n) is 7.26. The van der Waals surface area contributed by atoms with Gasteiger partial charge in [0.05, 0.1) is 25.5 Å². The van der Waals surface area contributed by atoms with Crippen molar-refractivity contribution >= 4 is 28.8 Å². The van der Waals surface area contributed by atoms with Crippen molar-refractivity contribution in [2.45, 2.75) is 5.66 Å².